The molecule has 0 aliphatic heterocycles. The van der Waals surface area contributed by atoms with Crippen LogP contribution in [0.4, 0.5) is 13.2 Å². The Hall–Kier alpha value is -4.19. The Bertz CT molecular complexity index is 1670. The van der Waals surface area contributed by atoms with Gasteiger partial charge in [-0.3, -0.25) is 4.79 Å². The van der Waals surface area contributed by atoms with E-state index in [0.717, 1.165) is 16.8 Å². The van der Waals surface area contributed by atoms with Gasteiger partial charge in [-0.1, -0.05) is 24.3 Å². The molecule has 0 saturated carbocycles. The molecule has 4 aromatic rings. The van der Waals surface area contributed by atoms with E-state index in [9.17, 15) is 22.8 Å². The van der Waals surface area contributed by atoms with Gasteiger partial charge in [0.1, 0.15) is 0 Å². The van der Waals surface area contributed by atoms with E-state index in [1.54, 1.807) is 57.2 Å². The molecule has 0 N–H and O–H groups in total. The molecule has 0 unspecified atom stereocenters. The zero-order valence-electron chi connectivity index (χ0n) is 22.2. The number of para-hydroxylation sites is 1. The van der Waals surface area contributed by atoms with Crippen molar-refractivity contribution >= 4 is 39.0 Å². The van der Waals surface area contributed by atoms with E-state index >= 15 is 0 Å². The number of carbonyl (C=O) groups excluding carboxylic acids is 1. The Morgan fingerprint density at radius 3 is 2.54 bits per heavy atom. The number of esters is 1. The van der Waals surface area contributed by atoms with Crippen LogP contribution < -0.4 is 15.0 Å². The second-order valence-electron chi connectivity index (χ2n) is 8.66. The zero-order chi connectivity index (χ0) is 29.7. The summed E-state index contributed by atoms with van der Waals surface area (Å²) < 4.78 is 58.3. The van der Waals surface area contributed by atoms with Gasteiger partial charge in [0.15, 0.2) is 23.4 Å². The summed E-state index contributed by atoms with van der Waals surface area (Å²) in [5.41, 5.74) is -0.619. The summed E-state index contributed by atoms with van der Waals surface area (Å²) >= 11 is 3.45. The van der Waals surface area contributed by atoms with Crippen LogP contribution in [0.1, 0.15) is 31.9 Å². The lowest BCUT2D eigenvalue weighted by molar-refractivity contribution is -0.150. The summed E-state index contributed by atoms with van der Waals surface area (Å²) in [7, 11) is 0. The van der Waals surface area contributed by atoms with E-state index in [1.165, 1.54) is 18.3 Å². The summed E-state index contributed by atoms with van der Waals surface area (Å²) in [6.45, 7) is 5.50. The molecule has 1 heterocycles. The first kappa shape index (κ1) is 29.8. The molecule has 12 heteroatoms. The van der Waals surface area contributed by atoms with Crippen LogP contribution in [-0.4, -0.2) is 41.2 Å². The Labute approximate surface area is 241 Å². The van der Waals surface area contributed by atoms with Crippen LogP contribution in [0.5, 0.6) is 11.5 Å². The van der Waals surface area contributed by atoms with Crippen LogP contribution in [0.3, 0.4) is 0 Å². The number of aromatic nitrogens is 2. The quantitative estimate of drug-likeness (QED) is 0.156. The number of nitrogens with zero attached hydrogens (tertiary/aromatic N) is 3. The number of alkyl halides is 3. The topological polar surface area (TPSA) is 92.0 Å². The highest BCUT2D eigenvalue weighted by Gasteiger charge is 2.31. The lowest BCUT2D eigenvalue weighted by atomic mass is 10.1. The van der Waals surface area contributed by atoms with Gasteiger partial charge in [0, 0.05) is 15.6 Å². The van der Waals surface area contributed by atoms with Gasteiger partial charge in [0.2, 0.25) is 0 Å². The van der Waals surface area contributed by atoms with Crippen molar-refractivity contribution in [2.24, 2.45) is 5.10 Å². The number of ether oxygens (including phenoxy) is 3. The molecule has 0 amide bonds. The van der Waals surface area contributed by atoms with E-state index in [1.807, 2.05) is 0 Å². The van der Waals surface area contributed by atoms with Crippen molar-refractivity contribution < 1.29 is 32.2 Å². The van der Waals surface area contributed by atoms with Crippen LogP contribution >= 0.6 is 15.9 Å². The maximum absolute atomic E-state index is 13.5. The van der Waals surface area contributed by atoms with E-state index in [2.05, 4.69) is 26.0 Å². The fourth-order valence-electron chi connectivity index (χ4n) is 3.88. The fraction of sp³-hybridized carbons (Fsp3) is 0.241. The average Bonchev–Trinajstić information content (AvgIpc) is 2.94. The lowest BCUT2D eigenvalue weighted by Gasteiger charge is -2.17. The molecule has 4 rings (SSSR count). The van der Waals surface area contributed by atoms with Crippen molar-refractivity contribution in [3.05, 3.63) is 86.6 Å². The Balaban J connectivity index is 1.82. The molecule has 0 radical (unpaired) electrons. The minimum Gasteiger partial charge on any atom is -0.490 e. The van der Waals surface area contributed by atoms with Crippen LogP contribution in [0.25, 0.3) is 22.3 Å². The largest absolute Gasteiger partial charge is 0.490 e. The van der Waals surface area contributed by atoms with E-state index in [4.69, 9.17) is 14.2 Å². The first-order chi connectivity index (χ1) is 19.5. The second-order valence-corrected chi connectivity index (χ2v) is 9.51. The third kappa shape index (κ3) is 6.76. The highest BCUT2D eigenvalue weighted by Crippen LogP contribution is 2.35. The lowest BCUT2D eigenvalue weighted by Crippen LogP contribution is -2.26. The highest BCUT2D eigenvalue weighted by atomic mass is 79.9. The highest BCUT2D eigenvalue weighted by molar-refractivity contribution is 9.10. The predicted octanol–water partition coefficient (Wildman–Crippen LogP) is 6.46. The van der Waals surface area contributed by atoms with Crippen LogP contribution in [0.15, 0.2) is 75.0 Å². The Kier molecular flexibility index (Phi) is 9.11. The number of carbonyl (C=O) groups is 1. The molecule has 0 fully saturated rings. The van der Waals surface area contributed by atoms with Crippen molar-refractivity contribution in [3.63, 3.8) is 0 Å². The molecule has 1 atom stereocenters. The first-order valence-electron chi connectivity index (χ1n) is 12.6. The van der Waals surface area contributed by atoms with Crippen molar-refractivity contribution in [1.29, 1.82) is 0 Å². The normalized spacial score (nSPS) is 12.5. The van der Waals surface area contributed by atoms with Gasteiger partial charge in [0.05, 0.1) is 35.9 Å². The van der Waals surface area contributed by atoms with Crippen molar-refractivity contribution in [2.45, 2.75) is 33.1 Å². The molecule has 3 aromatic carbocycles. The standard InChI is InChI=1S/C29H25BrF3N3O5/c1-4-39-24-14-19(22(30)15-25(24)41-17(3)28(38)40-5-2)16-34-36-26(18-9-8-10-20(13-18)29(31,32)33)35-23-12-7-6-11-21(23)27(36)37/h6-17H,4-5H2,1-3H3/t17-/m0/s1. The monoisotopic (exact) mass is 631 g/mol. The second kappa shape index (κ2) is 12.5. The van der Waals surface area contributed by atoms with Gasteiger partial charge in [-0.2, -0.15) is 22.9 Å². The fourth-order valence-corrected chi connectivity index (χ4v) is 4.31. The number of fused-ring (bicyclic) bond motifs is 1. The van der Waals surface area contributed by atoms with Gasteiger partial charge in [-0.15, -0.1) is 0 Å². The molecule has 0 aliphatic rings. The summed E-state index contributed by atoms with van der Waals surface area (Å²) in [5.74, 6) is -0.0385. The van der Waals surface area contributed by atoms with Crippen LogP contribution in [0, 0.1) is 0 Å². The molecule has 1 aromatic heterocycles. The van der Waals surface area contributed by atoms with E-state index < -0.39 is 29.4 Å². The summed E-state index contributed by atoms with van der Waals surface area (Å²) in [6, 6.07) is 14.2. The maximum atomic E-state index is 13.5. The third-order valence-electron chi connectivity index (χ3n) is 5.80. The van der Waals surface area contributed by atoms with Gasteiger partial charge in [-0.05, 0) is 73.1 Å². The molecule has 214 valence electrons. The van der Waals surface area contributed by atoms with Gasteiger partial charge >= 0.3 is 12.1 Å². The molecular weight excluding hydrogens is 607 g/mol. The summed E-state index contributed by atoms with van der Waals surface area (Å²) in [6.07, 6.45) is -4.14. The molecule has 0 spiro atoms. The molecule has 0 aliphatic carbocycles. The number of hydrogen-bond donors (Lipinski definition) is 0. The van der Waals surface area contributed by atoms with Gasteiger partial charge in [0.25, 0.3) is 5.56 Å². The number of benzene rings is 3. The Morgan fingerprint density at radius 1 is 1.07 bits per heavy atom. The zero-order valence-corrected chi connectivity index (χ0v) is 23.8. The van der Waals surface area contributed by atoms with Gasteiger partial charge < -0.3 is 14.2 Å². The Morgan fingerprint density at radius 2 is 1.83 bits per heavy atom. The predicted molar refractivity (Wildman–Crippen MR) is 151 cm³/mol. The molecule has 0 saturated heterocycles. The minimum atomic E-state index is -4.59. The van der Waals surface area contributed by atoms with Crippen LogP contribution in [-0.2, 0) is 15.7 Å². The van der Waals surface area contributed by atoms with Crippen molar-refractivity contribution in [2.75, 3.05) is 13.2 Å². The SMILES string of the molecule is CCOC(=O)[C@H](C)Oc1cc(Br)c(C=Nn2c(-c3cccc(C(F)(F)F)c3)nc3ccccc3c2=O)cc1OCC. The number of hydrogen-bond acceptors (Lipinski definition) is 7. The summed E-state index contributed by atoms with van der Waals surface area (Å²) in [4.78, 5) is 30.0. The molecule has 41 heavy (non-hydrogen) atoms. The molecule has 8 nitrogen and oxygen atoms in total. The molecular formula is C29H25BrF3N3O5. The third-order valence-corrected chi connectivity index (χ3v) is 6.49. The van der Waals surface area contributed by atoms with Crippen LogP contribution in [0.2, 0.25) is 0 Å². The smallest absolute Gasteiger partial charge is 0.416 e. The first-order valence-corrected chi connectivity index (χ1v) is 13.4. The van der Waals surface area contributed by atoms with Crippen molar-refractivity contribution in [3.8, 4) is 22.9 Å². The number of rotatable bonds is 9. The summed E-state index contributed by atoms with van der Waals surface area (Å²) in [5, 5.41) is 4.58. The molecule has 0 bridgehead atoms. The van der Waals surface area contributed by atoms with E-state index in [0.29, 0.717) is 21.3 Å². The van der Waals surface area contributed by atoms with Gasteiger partial charge in [-0.25, -0.2) is 9.78 Å². The van der Waals surface area contributed by atoms with E-state index in [-0.39, 0.29) is 35.7 Å². The van der Waals surface area contributed by atoms with Crippen molar-refractivity contribution in [1.82, 2.24) is 9.66 Å². The average molecular weight is 632 g/mol. The number of halogens is 4. The maximum Gasteiger partial charge on any atom is 0.416 e. The minimum absolute atomic E-state index is 0.0607.